The van der Waals surface area contributed by atoms with Crippen LogP contribution in [0.3, 0.4) is 0 Å². The van der Waals surface area contributed by atoms with E-state index in [2.05, 4.69) is 49.2 Å². The van der Waals surface area contributed by atoms with Gasteiger partial charge in [0.2, 0.25) is 0 Å². The molecule has 3 heteroatoms. The predicted molar refractivity (Wildman–Crippen MR) is 84.7 cm³/mol. The minimum absolute atomic E-state index is 0.554. The number of aryl methyl sites for hydroxylation is 1. The van der Waals surface area contributed by atoms with Crippen molar-refractivity contribution in [2.24, 2.45) is 0 Å². The third-order valence-corrected chi connectivity index (χ3v) is 3.96. The number of piperazine rings is 1. The zero-order valence-electron chi connectivity index (χ0n) is 13.1. The summed E-state index contributed by atoms with van der Waals surface area (Å²) in [5.74, 6) is 1.61. The van der Waals surface area contributed by atoms with Crippen LogP contribution in [0.2, 0.25) is 0 Å². The lowest BCUT2D eigenvalue weighted by atomic mass is 10.0. The first-order valence-electron chi connectivity index (χ1n) is 7.83. The summed E-state index contributed by atoms with van der Waals surface area (Å²) in [4.78, 5) is 2.51. The maximum atomic E-state index is 5.98. The van der Waals surface area contributed by atoms with Gasteiger partial charge in [0.05, 0.1) is 6.61 Å². The molecule has 0 radical (unpaired) electrons. The number of hydrogen-bond donors (Lipinski definition) is 1. The van der Waals surface area contributed by atoms with Crippen molar-refractivity contribution in [1.82, 2.24) is 10.2 Å². The van der Waals surface area contributed by atoms with E-state index in [0.29, 0.717) is 5.92 Å². The molecule has 0 saturated carbocycles. The molecule has 3 nitrogen and oxygen atoms in total. The molecule has 2 rings (SSSR count). The molecule has 0 bridgehead atoms. The maximum Gasteiger partial charge on any atom is 0.122 e. The summed E-state index contributed by atoms with van der Waals surface area (Å²) in [6.07, 6.45) is 1.10. The molecule has 20 heavy (non-hydrogen) atoms. The number of benzene rings is 1. The summed E-state index contributed by atoms with van der Waals surface area (Å²) >= 11 is 0. The highest BCUT2D eigenvalue weighted by Crippen LogP contribution is 2.24. The van der Waals surface area contributed by atoms with Crippen LogP contribution in [0, 0.1) is 6.92 Å². The average molecular weight is 276 g/mol. The van der Waals surface area contributed by atoms with E-state index in [1.807, 2.05) is 0 Å². The van der Waals surface area contributed by atoms with Gasteiger partial charge in [-0.05, 0) is 36.5 Å². The first-order valence-corrected chi connectivity index (χ1v) is 7.83. The molecule has 0 aliphatic carbocycles. The van der Waals surface area contributed by atoms with Crippen molar-refractivity contribution in [3.63, 3.8) is 0 Å². The molecular formula is C17H28N2O. The van der Waals surface area contributed by atoms with Crippen LogP contribution < -0.4 is 10.1 Å². The molecule has 1 fully saturated rings. The summed E-state index contributed by atoms with van der Waals surface area (Å²) in [6.45, 7) is 13.1. The molecule has 1 saturated heterocycles. The first-order chi connectivity index (χ1) is 9.66. The van der Waals surface area contributed by atoms with Crippen LogP contribution in [-0.4, -0.2) is 44.2 Å². The van der Waals surface area contributed by atoms with E-state index in [4.69, 9.17) is 4.74 Å². The van der Waals surface area contributed by atoms with Gasteiger partial charge >= 0.3 is 0 Å². The maximum absolute atomic E-state index is 5.98. The largest absolute Gasteiger partial charge is 0.493 e. The number of nitrogens with zero attached hydrogens (tertiary/aromatic N) is 1. The third kappa shape index (κ3) is 4.50. The van der Waals surface area contributed by atoms with E-state index in [9.17, 15) is 0 Å². The fraction of sp³-hybridized carbons (Fsp3) is 0.647. The van der Waals surface area contributed by atoms with Gasteiger partial charge < -0.3 is 15.0 Å². The van der Waals surface area contributed by atoms with Crippen LogP contribution in [0.1, 0.15) is 37.3 Å². The van der Waals surface area contributed by atoms with Gasteiger partial charge in [0.15, 0.2) is 0 Å². The lowest BCUT2D eigenvalue weighted by molar-refractivity contribution is 0.213. The van der Waals surface area contributed by atoms with E-state index in [0.717, 1.165) is 38.4 Å². The normalized spacial score (nSPS) is 16.6. The first kappa shape index (κ1) is 15.3. The molecule has 0 unspecified atom stereocenters. The second kappa shape index (κ2) is 7.65. The zero-order valence-corrected chi connectivity index (χ0v) is 13.1. The Balaban J connectivity index is 1.77. The van der Waals surface area contributed by atoms with Gasteiger partial charge in [0.25, 0.3) is 0 Å². The fourth-order valence-electron chi connectivity index (χ4n) is 2.54. The van der Waals surface area contributed by atoms with Crippen molar-refractivity contribution in [2.75, 3.05) is 39.3 Å². The predicted octanol–water partition coefficient (Wildman–Crippen LogP) is 2.79. The summed E-state index contributed by atoms with van der Waals surface area (Å²) in [5, 5.41) is 3.38. The Hall–Kier alpha value is -1.06. The molecule has 0 atom stereocenters. The Morgan fingerprint density at radius 3 is 2.70 bits per heavy atom. The Morgan fingerprint density at radius 1 is 1.25 bits per heavy atom. The van der Waals surface area contributed by atoms with Crippen molar-refractivity contribution in [3.05, 3.63) is 29.3 Å². The van der Waals surface area contributed by atoms with Crippen molar-refractivity contribution < 1.29 is 4.74 Å². The van der Waals surface area contributed by atoms with Crippen molar-refractivity contribution in [2.45, 2.75) is 33.1 Å². The van der Waals surface area contributed by atoms with Crippen LogP contribution >= 0.6 is 0 Å². The molecule has 0 amide bonds. The third-order valence-electron chi connectivity index (χ3n) is 3.96. The van der Waals surface area contributed by atoms with Crippen molar-refractivity contribution in [1.29, 1.82) is 0 Å². The van der Waals surface area contributed by atoms with Crippen LogP contribution in [0.5, 0.6) is 5.75 Å². The monoisotopic (exact) mass is 276 g/mol. The molecule has 1 aliphatic heterocycles. The van der Waals surface area contributed by atoms with E-state index >= 15 is 0 Å². The Kier molecular flexibility index (Phi) is 5.86. The molecule has 1 heterocycles. The van der Waals surface area contributed by atoms with E-state index in [-0.39, 0.29) is 0 Å². The summed E-state index contributed by atoms with van der Waals surface area (Å²) in [6, 6.07) is 6.57. The van der Waals surface area contributed by atoms with Crippen LogP contribution in [-0.2, 0) is 0 Å². The minimum Gasteiger partial charge on any atom is -0.493 e. The molecule has 112 valence electrons. The van der Waals surface area contributed by atoms with Gasteiger partial charge in [-0.25, -0.2) is 0 Å². The van der Waals surface area contributed by atoms with E-state index in [1.165, 1.54) is 24.2 Å². The van der Waals surface area contributed by atoms with Crippen LogP contribution in [0.4, 0.5) is 0 Å². The van der Waals surface area contributed by atoms with Crippen molar-refractivity contribution >= 4 is 0 Å². The number of hydrogen-bond acceptors (Lipinski definition) is 3. The zero-order chi connectivity index (χ0) is 14.4. The van der Waals surface area contributed by atoms with Gasteiger partial charge in [-0.2, -0.15) is 0 Å². The standard InChI is InChI=1S/C17H28N2O/c1-14(2)16-6-5-15(3)17(13-16)20-12-4-9-19-10-7-18-8-11-19/h5-6,13-14,18H,4,7-12H2,1-3H3. The van der Waals surface area contributed by atoms with Gasteiger partial charge in [-0.15, -0.1) is 0 Å². The number of nitrogens with one attached hydrogen (secondary N) is 1. The SMILES string of the molecule is Cc1ccc(C(C)C)cc1OCCCN1CCNCC1. The van der Waals surface area contributed by atoms with Gasteiger partial charge in [-0.1, -0.05) is 26.0 Å². The highest BCUT2D eigenvalue weighted by atomic mass is 16.5. The molecule has 1 aromatic carbocycles. The Morgan fingerprint density at radius 2 is 2.00 bits per heavy atom. The van der Waals surface area contributed by atoms with Gasteiger partial charge in [0, 0.05) is 32.7 Å². The van der Waals surface area contributed by atoms with Gasteiger partial charge in [0.1, 0.15) is 5.75 Å². The van der Waals surface area contributed by atoms with E-state index in [1.54, 1.807) is 0 Å². The smallest absolute Gasteiger partial charge is 0.122 e. The second-order valence-corrected chi connectivity index (χ2v) is 5.97. The molecule has 1 aliphatic rings. The molecule has 1 aromatic rings. The lowest BCUT2D eigenvalue weighted by Crippen LogP contribution is -2.43. The minimum atomic E-state index is 0.554. The average Bonchev–Trinajstić information content (AvgIpc) is 2.46. The van der Waals surface area contributed by atoms with Crippen molar-refractivity contribution in [3.8, 4) is 5.75 Å². The summed E-state index contributed by atoms with van der Waals surface area (Å²) in [7, 11) is 0. The summed E-state index contributed by atoms with van der Waals surface area (Å²) < 4.78 is 5.98. The Bertz CT molecular complexity index is 411. The van der Waals surface area contributed by atoms with Crippen LogP contribution in [0.15, 0.2) is 18.2 Å². The quantitative estimate of drug-likeness (QED) is 0.809. The molecule has 1 N–H and O–H groups in total. The van der Waals surface area contributed by atoms with Crippen LogP contribution in [0.25, 0.3) is 0 Å². The van der Waals surface area contributed by atoms with Gasteiger partial charge in [-0.3, -0.25) is 0 Å². The van der Waals surface area contributed by atoms with E-state index < -0.39 is 0 Å². The number of rotatable bonds is 6. The second-order valence-electron chi connectivity index (χ2n) is 5.97. The molecular weight excluding hydrogens is 248 g/mol. The summed E-state index contributed by atoms with van der Waals surface area (Å²) in [5.41, 5.74) is 2.59. The lowest BCUT2D eigenvalue weighted by Gasteiger charge is -2.27. The Labute approximate surface area is 123 Å². The number of ether oxygens (including phenoxy) is 1. The topological polar surface area (TPSA) is 24.5 Å². The molecule has 0 aromatic heterocycles. The molecule has 0 spiro atoms. The highest BCUT2D eigenvalue weighted by molar-refractivity contribution is 5.37. The highest BCUT2D eigenvalue weighted by Gasteiger charge is 2.09. The fourth-order valence-corrected chi connectivity index (χ4v) is 2.54.